The second-order valence-corrected chi connectivity index (χ2v) is 4.13. The maximum absolute atomic E-state index is 11.7. The molecule has 0 radical (unpaired) electrons. The van der Waals surface area contributed by atoms with E-state index in [1.165, 1.54) is 19.2 Å². The topological polar surface area (TPSA) is 84.9 Å². The number of benzene rings is 1. The van der Waals surface area contributed by atoms with Crippen LogP contribution in [0.3, 0.4) is 0 Å². The molecule has 0 bridgehead atoms. The lowest BCUT2D eigenvalue weighted by molar-refractivity contribution is -0.117. The van der Waals surface area contributed by atoms with Crippen LogP contribution in [0.4, 0.5) is 5.69 Å². The lowest BCUT2D eigenvalue weighted by atomic mass is 10.1. The summed E-state index contributed by atoms with van der Waals surface area (Å²) in [5.41, 5.74) is 0.242. The quantitative estimate of drug-likeness (QED) is 0.713. The van der Waals surface area contributed by atoms with Crippen LogP contribution in [0.5, 0.6) is 5.75 Å². The van der Waals surface area contributed by atoms with Crippen LogP contribution >= 0.6 is 0 Å². The molecule has 0 saturated carbocycles. The average Bonchev–Trinajstić information content (AvgIpc) is 2.43. The maximum Gasteiger partial charge on any atom is 0.337 e. The molecule has 20 heavy (non-hydrogen) atoms. The van der Waals surface area contributed by atoms with Crippen molar-refractivity contribution >= 4 is 17.6 Å². The second-order valence-electron chi connectivity index (χ2n) is 4.13. The Bertz CT molecular complexity index is 473. The van der Waals surface area contributed by atoms with Crippen LogP contribution < -0.4 is 10.1 Å². The van der Waals surface area contributed by atoms with Crippen molar-refractivity contribution in [3.8, 4) is 5.75 Å². The summed E-state index contributed by atoms with van der Waals surface area (Å²) in [4.78, 5) is 22.8. The number of amides is 1. The van der Waals surface area contributed by atoms with E-state index in [4.69, 9.17) is 14.6 Å². The highest BCUT2D eigenvalue weighted by atomic mass is 16.5. The van der Waals surface area contributed by atoms with Crippen LogP contribution in [0, 0.1) is 0 Å². The fraction of sp³-hybridized carbons (Fsp3) is 0.429. The second kappa shape index (κ2) is 8.16. The number of carboxylic acid groups (broad SMARTS) is 1. The van der Waals surface area contributed by atoms with Crippen LogP contribution in [0.25, 0.3) is 0 Å². The van der Waals surface area contributed by atoms with Gasteiger partial charge in [0.15, 0.2) is 0 Å². The first kappa shape index (κ1) is 16.0. The number of rotatable bonds is 8. The zero-order chi connectivity index (χ0) is 15.0. The first-order chi connectivity index (χ1) is 9.58. The van der Waals surface area contributed by atoms with E-state index >= 15 is 0 Å². The normalized spacial score (nSPS) is 10.1. The maximum atomic E-state index is 11.7. The highest BCUT2D eigenvalue weighted by Gasteiger charge is 2.13. The average molecular weight is 281 g/mol. The third-order valence-corrected chi connectivity index (χ3v) is 2.55. The molecule has 0 aromatic heterocycles. The molecule has 0 aliphatic rings. The number of nitrogens with one attached hydrogen (secondary N) is 1. The summed E-state index contributed by atoms with van der Waals surface area (Å²) in [6.45, 7) is 2.91. The van der Waals surface area contributed by atoms with Gasteiger partial charge in [0.05, 0.1) is 31.4 Å². The number of methoxy groups -OCH3 is 1. The number of carbonyl (C=O) groups is 2. The predicted molar refractivity (Wildman–Crippen MR) is 74.3 cm³/mol. The Morgan fingerprint density at radius 3 is 2.65 bits per heavy atom. The first-order valence-corrected chi connectivity index (χ1v) is 6.37. The van der Waals surface area contributed by atoms with E-state index in [2.05, 4.69) is 5.32 Å². The molecule has 2 N–H and O–H groups in total. The van der Waals surface area contributed by atoms with Gasteiger partial charge in [0.25, 0.3) is 0 Å². The molecule has 0 saturated heterocycles. The van der Waals surface area contributed by atoms with Gasteiger partial charge in [-0.25, -0.2) is 4.79 Å². The van der Waals surface area contributed by atoms with Gasteiger partial charge >= 0.3 is 5.97 Å². The van der Waals surface area contributed by atoms with Gasteiger partial charge in [-0.3, -0.25) is 4.79 Å². The number of aromatic carboxylic acids is 1. The number of hydrogen-bond donors (Lipinski definition) is 2. The van der Waals surface area contributed by atoms with Crippen molar-refractivity contribution in [3.63, 3.8) is 0 Å². The summed E-state index contributed by atoms with van der Waals surface area (Å²) in [6.07, 6.45) is 1.08. The first-order valence-electron chi connectivity index (χ1n) is 6.37. The molecular formula is C14H19NO5. The molecule has 0 heterocycles. The predicted octanol–water partition coefficient (Wildman–Crippen LogP) is 2.15. The zero-order valence-corrected chi connectivity index (χ0v) is 11.6. The van der Waals surface area contributed by atoms with Gasteiger partial charge in [0, 0.05) is 6.61 Å². The standard InChI is InChI=1S/C14H19NO5/c1-3-7-20-8-6-13(16)15-12-5-4-10(19-2)9-11(12)14(17)18/h4-5,9H,3,6-8H2,1-2H3,(H,15,16)(H,17,18). The molecule has 0 unspecified atom stereocenters. The monoisotopic (exact) mass is 281 g/mol. The molecule has 1 amide bonds. The molecule has 6 heteroatoms. The summed E-state index contributed by atoms with van der Waals surface area (Å²) in [7, 11) is 1.45. The molecule has 0 atom stereocenters. The van der Waals surface area contributed by atoms with Gasteiger partial charge in [-0.05, 0) is 24.6 Å². The Hall–Kier alpha value is -2.08. The lowest BCUT2D eigenvalue weighted by Crippen LogP contribution is -2.16. The lowest BCUT2D eigenvalue weighted by Gasteiger charge is -2.10. The summed E-state index contributed by atoms with van der Waals surface area (Å²) in [6, 6.07) is 4.47. The third-order valence-electron chi connectivity index (χ3n) is 2.55. The van der Waals surface area contributed by atoms with Gasteiger partial charge in [-0.15, -0.1) is 0 Å². The SMILES string of the molecule is CCCOCCC(=O)Nc1ccc(OC)cc1C(=O)O. The van der Waals surface area contributed by atoms with Crippen molar-refractivity contribution in [1.82, 2.24) is 0 Å². The molecule has 6 nitrogen and oxygen atoms in total. The van der Waals surface area contributed by atoms with Gasteiger partial charge in [-0.1, -0.05) is 6.92 Å². The molecule has 1 aromatic carbocycles. The minimum absolute atomic E-state index is 0.00724. The molecule has 0 aliphatic heterocycles. The Labute approximate surface area is 117 Å². The van der Waals surface area contributed by atoms with Crippen molar-refractivity contribution in [1.29, 1.82) is 0 Å². The fourth-order valence-corrected chi connectivity index (χ4v) is 1.56. The van der Waals surface area contributed by atoms with E-state index in [-0.39, 0.29) is 23.6 Å². The van der Waals surface area contributed by atoms with E-state index in [0.717, 1.165) is 6.42 Å². The number of anilines is 1. The highest BCUT2D eigenvalue weighted by molar-refractivity contribution is 6.00. The van der Waals surface area contributed by atoms with Crippen LogP contribution in [0.2, 0.25) is 0 Å². The number of carboxylic acids is 1. The van der Waals surface area contributed by atoms with Gasteiger partial charge in [-0.2, -0.15) is 0 Å². The third kappa shape index (κ3) is 4.89. The van der Waals surface area contributed by atoms with Crippen LogP contribution in [0.1, 0.15) is 30.1 Å². The van der Waals surface area contributed by atoms with Gasteiger partial charge in [0.2, 0.25) is 5.91 Å². The van der Waals surface area contributed by atoms with E-state index < -0.39 is 5.97 Å². The van der Waals surface area contributed by atoms with Crippen LogP contribution in [-0.2, 0) is 9.53 Å². The number of hydrogen-bond acceptors (Lipinski definition) is 4. The van der Waals surface area contributed by atoms with Crippen molar-refractivity contribution in [2.75, 3.05) is 25.6 Å². The van der Waals surface area contributed by atoms with Crippen molar-refractivity contribution in [3.05, 3.63) is 23.8 Å². The number of carbonyl (C=O) groups excluding carboxylic acids is 1. The molecule has 1 aromatic rings. The van der Waals surface area contributed by atoms with E-state index in [1.54, 1.807) is 6.07 Å². The molecule has 0 aliphatic carbocycles. The largest absolute Gasteiger partial charge is 0.497 e. The van der Waals surface area contributed by atoms with E-state index in [0.29, 0.717) is 19.0 Å². The Kier molecular flexibility index (Phi) is 6.52. The summed E-state index contributed by atoms with van der Waals surface area (Å²) >= 11 is 0. The summed E-state index contributed by atoms with van der Waals surface area (Å²) < 4.78 is 10.2. The van der Waals surface area contributed by atoms with Crippen molar-refractivity contribution in [2.24, 2.45) is 0 Å². The smallest absolute Gasteiger partial charge is 0.337 e. The van der Waals surface area contributed by atoms with E-state index in [1.807, 2.05) is 6.92 Å². The minimum atomic E-state index is -1.12. The Morgan fingerprint density at radius 1 is 1.30 bits per heavy atom. The molecule has 1 rings (SSSR count). The van der Waals surface area contributed by atoms with Crippen molar-refractivity contribution < 1.29 is 24.2 Å². The van der Waals surface area contributed by atoms with Gasteiger partial charge in [0.1, 0.15) is 5.75 Å². The highest BCUT2D eigenvalue weighted by Crippen LogP contribution is 2.22. The zero-order valence-electron chi connectivity index (χ0n) is 11.6. The Balaban J connectivity index is 2.66. The number of ether oxygens (including phenoxy) is 2. The van der Waals surface area contributed by atoms with Crippen molar-refractivity contribution in [2.45, 2.75) is 19.8 Å². The summed E-state index contributed by atoms with van der Waals surface area (Å²) in [5, 5.41) is 11.7. The Morgan fingerprint density at radius 2 is 2.05 bits per heavy atom. The van der Waals surface area contributed by atoms with Gasteiger partial charge < -0.3 is 19.9 Å². The molecular weight excluding hydrogens is 262 g/mol. The minimum Gasteiger partial charge on any atom is -0.497 e. The molecule has 0 fully saturated rings. The van der Waals surface area contributed by atoms with E-state index in [9.17, 15) is 9.59 Å². The van der Waals surface area contributed by atoms with Crippen LogP contribution in [-0.4, -0.2) is 37.3 Å². The summed E-state index contributed by atoms with van der Waals surface area (Å²) in [5.74, 6) is -0.984. The fourth-order valence-electron chi connectivity index (χ4n) is 1.56. The van der Waals surface area contributed by atoms with Crippen LogP contribution in [0.15, 0.2) is 18.2 Å². The molecule has 110 valence electrons. The molecule has 0 spiro atoms.